The first-order chi connectivity index (χ1) is 14.5. The number of carboxylic acid groups (broad SMARTS) is 1. The molecule has 3 aliphatic rings. The van der Waals surface area contributed by atoms with E-state index in [0.29, 0.717) is 24.6 Å². The molecule has 1 aromatic heterocycles. The van der Waals surface area contributed by atoms with Gasteiger partial charge in [-0.05, 0) is 42.5 Å². The monoisotopic (exact) mass is 408 g/mol. The Bertz CT molecular complexity index is 1020. The molecule has 0 saturated heterocycles. The number of nitrogens with zero attached hydrogens (tertiary/aromatic N) is 4. The molecular weight excluding hydrogens is 384 g/mol. The van der Waals surface area contributed by atoms with E-state index in [9.17, 15) is 19.8 Å². The fourth-order valence-corrected chi connectivity index (χ4v) is 4.70. The van der Waals surface area contributed by atoms with Gasteiger partial charge in [0.1, 0.15) is 6.10 Å². The van der Waals surface area contributed by atoms with E-state index in [-0.39, 0.29) is 19.0 Å². The molecule has 8 nitrogen and oxygen atoms in total. The van der Waals surface area contributed by atoms with Gasteiger partial charge >= 0.3 is 6.09 Å². The molecule has 2 aliphatic heterocycles. The van der Waals surface area contributed by atoms with E-state index >= 15 is 0 Å². The van der Waals surface area contributed by atoms with Crippen LogP contribution in [-0.2, 0) is 11.2 Å². The number of aliphatic hydroxyl groups is 1. The summed E-state index contributed by atoms with van der Waals surface area (Å²) in [5, 5.41) is 25.3. The Kier molecular flexibility index (Phi) is 4.39. The lowest BCUT2D eigenvalue weighted by Crippen LogP contribution is -2.45. The summed E-state index contributed by atoms with van der Waals surface area (Å²) in [6.45, 7) is 4.05. The average molecular weight is 408 g/mol. The van der Waals surface area contributed by atoms with Gasteiger partial charge in [-0.15, -0.1) is 0 Å². The predicted octanol–water partition coefficient (Wildman–Crippen LogP) is 2.39. The topological polar surface area (TPSA) is 98.9 Å². The molecule has 8 heteroatoms. The summed E-state index contributed by atoms with van der Waals surface area (Å²) in [4.78, 5) is 27.0. The van der Waals surface area contributed by atoms with Gasteiger partial charge in [-0.2, -0.15) is 5.10 Å². The van der Waals surface area contributed by atoms with E-state index in [2.05, 4.69) is 18.7 Å². The second-order valence-electron chi connectivity index (χ2n) is 8.23. The normalized spacial score (nSPS) is 23.0. The van der Waals surface area contributed by atoms with E-state index < -0.39 is 18.2 Å². The fourth-order valence-electron chi connectivity index (χ4n) is 4.70. The summed E-state index contributed by atoms with van der Waals surface area (Å²) in [5.41, 5.74) is 4.30. The van der Waals surface area contributed by atoms with Crippen LogP contribution in [0.4, 0.5) is 4.79 Å². The first-order valence-corrected chi connectivity index (χ1v) is 10.3. The molecule has 0 radical (unpaired) electrons. The smallest absolute Gasteiger partial charge is 0.407 e. The Morgan fingerprint density at radius 1 is 1.17 bits per heavy atom. The van der Waals surface area contributed by atoms with Crippen molar-refractivity contribution >= 4 is 12.0 Å². The molecule has 1 aliphatic carbocycles. The molecule has 156 valence electrons. The van der Waals surface area contributed by atoms with Crippen molar-refractivity contribution in [3.63, 3.8) is 0 Å². The summed E-state index contributed by atoms with van der Waals surface area (Å²) >= 11 is 0. The van der Waals surface area contributed by atoms with Crippen LogP contribution in [0.25, 0.3) is 5.69 Å². The van der Waals surface area contributed by atoms with Crippen LogP contribution in [0.2, 0.25) is 0 Å². The maximum absolute atomic E-state index is 12.3. The summed E-state index contributed by atoms with van der Waals surface area (Å²) in [5.74, 6) is 0.329. The molecule has 2 aromatic rings. The van der Waals surface area contributed by atoms with Crippen molar-refractivity contribution in [2.75, 3.05) is 19.6 Å². The van der Waals surface area contributed by atoms with Gasteiger partial charge in [-0.1, -0.05) is 18.7 Å². The third-order valence-electron chi connectivity index (χ3n) is 6.37. The molecule has 0 bridgehead atoms. The van der Waals surface area contributed by atoms with E-state index in [1.54, 1.807) is 0 Å². The molecular formula is C22H24N4O4. The number of hydrogen-bond acceptors (Lipinski definition) is 4. The number of hydrogen-bond donors (Lipinski definition) is 2. The Balaban J connectivity index is 1.60. The predicted molar refractivity (Wildman–Crippen MR) is 108 cm³/mol. The molecule has 2 N–H and O–H groups in total. The zero-order chi connectivity index (χ0) is 21.0. The molecule has 1 fully saturated rings. The summed E-state index contributed by atoms with van der Waals surface area (Å²) in [6.07, 6.45) is 2.12. The highest BCUT2D eigenvalue weighted by Gasteiger charge is 2.42. The maximum atomic E-state index is 12.3. The molecule has 2 atom stereocenters. The van der Waals surface area contributed by atoms with Gasteiger partial charge in [0.15, 0.2) is 0 Å². The molecule has 0 spiro atoms. The fraction of sp³-hybridized carbons (Fsp3) is 0.409. The quantitative estimate of drug-likeness (QED) is 0.760. The number of carbonyl (C=O) groups excluding carboxylic acids is 1. The minimum absolute atomic E-state index is 0.0544. The van der Waals surface area contributed by atoms with Crippen LogP contribution in [-0.4, -0.2) is 61.4 Å². The zero-order valence-electron chi connectivity index (χ0n) is 16.6. The molecule has 2 unspecified atom stereocenters. The Morgan fingerprint density at radius 3 is 2.53 bits per heavy atom. The second-order valence-corrected chi connectivity index (χ2v) is 8.23. The Hall–Kier alpha value is -3.13. The van der Waals surface area contributed by atoms with Crippen LogP contribution in [0.5, 0.6) is 0 Å². The highest BCUT2D eigenvalue weighted by atomic mass is 16.4. The minimum Gasteiger partial charge on any atom is -0.465 e. The number of carbonyl (C=O) groups is 2. The molecule has 30 heavy (non-hydrogen) atoms. The number of amides is 2. The van der Waals surface area contributed by atoms with E-state index in [4.69, 9.17) is 5.10 Å². The largest absolute Gasteiger partial charge is 0.465 e. The van der Waals surface area contributed by atoms with Crippen LogP contribution in [0.15, 0.2) is 36.9 Å². The average Bonchev–Trinajstić information content (AvgIpc) is 3.53. The standard InChI is InChI=1S/C22H24N4O4/c1-2-19(28)24-11-17-20-16(9-10-25(17)22(29)30)26(23-21(20)18(27)12-24)15-7-5-14(6-8-15)13-3-4-13/h2,5-8,13,17-18,27H,1,3-4,9-12H2,(H,29,30). The third-order valence-corrected chi connectivity index (χ3v) is 6.37. The van der Waals surface area contributed by atoms with E-state index in [0.717, 1.165) is 16.9 Å². The molecule has 3 heterocycles. The molecule has 5 rings (SSSR count). The van der Waals surface area contributed by atoms with Gasteiger partial charge in [-0.3, -0.25) is 9.69 Å². The SMILES string of the molecule is C=CC(=O)N1CC(O)c2nn(-c3ccc(C4CC4)cc3)c3c2C(C1)N(C(=O)O)CC3. The molecule has 1 aromatic carbocycles. The lowest BCUT2D eigenvalue weighted by molar-refractivity contribution is -0.128. The van der Waals surface area contributed by atoms with Crippen LogP contribution in [0.3, 0.4) is 0 Å². The maximum Gasteiger partial charge on any atom is 0.407 e. The Labute approximate surface area is 174 Å². The highest BCUT2D eigenvalue weighted by Crippen LogP contribution is 2.41. The lowest BCUT2D eigenvalue weighted by atomic mass is 9.95. The lowest BCUT2D eigenvalue weighted by Gasteiger charge is -2.35. The van der Waals surface area contributed by atoms with Crippen LogP contribution in [0, 0.1) is 0 Å². The highest BCUT2D eigenvalue weighted by molar-refractivity contribution is 5.87. The summed E-state index contributed by atoms with van der Waals surface area (Å²) < 4.78 is 1.84. The van der Waals surface area contributed by atoms with Gasteiger partial charge in [0.2, 0.25) is 5.91 Å². The van der Waals surface area contributed by atoms with Crippen molar-refractivity contribution in [1.29, 1.82) is 0 Å². The van der Waals surface area contributed by atoms with Gasteiger partial charge in [-0.25, -0.2) is 9.48 Å². The number of aliphatic hydroxyl groups excluding tert-OH is 1. The first kappa shape index (κ1) is 18.9. The van der Waals surface area contributed by atoms with E-state index in [1.165, 1.54) is 34.3 Å². The number of rotatable bonds is 3. The van der Waals surface area contributed by atoms with Crippen molar-refractivity contribution in [2.45, 2.75) is 37.3 Å². The van der Waals surface area contributed by atoms with Gasteiger partial charge < -0.3 is 15.1 Å². The summed E-state index contributed by atoms with van der Waals surface area (Å²) in [6, 6.07) is 7.75. The van der Waals surface area contributed by atoms with E-state index in [1.807, 2.05) is 16.8 Å². The molecule has 1 saturated carbocycles. The van der Waals surface area contributed by atoms with Gasteiger partial charge in [0, 0.05) is 25.1 Å². The molecule has 2 amide bonds. The Morgan fingerprint density at radius 2 is 1.90 bits per heavy atom. The minimum atomic E-state index is -1.04. The van der Waals surface area contributed by atoms with Gasteiger partial charge in [0.25, 0.3) is 0 Å². The number of β-amino-alcohol motifs (C(OH)–C–C–N with tert-alkyl or cyclic N) is 1. The van der Waals surface area contributed by atoms with Crippen molar-refractivity contribution in [1.82, 2.24) is 19.6 Å². The van der Waals surface area contributed by atoms with Crippen molar-refractivity contribution < 1.29 is 19.8 Å². The first-order valence-electron chi connectivity index (χ1n) is 10.3. The van der Waals surface area contributed by atoms with Crippen molar-refractivity contribution in [3.05, 3.63) is 59.4 Å². The number of aromatic nitrogens is 2. The number of benzene rings is 1. The van der Waals surface area contributed by atoms with Crippen molar-refractivity contribution in [2.24, 2.45) is 0 Å². The van der Waals surface area contributed by atoms with Crippen molar-refractivity contribution in [3.8, 4) is 5.69 Å². The van der Waals surface area contributed by atoms with Crippen LogP contribution in [0.1, 0.15) is 53.4 Å². The van der Waals surface area contributed by atoms with Crippen LogP contribution < -0.4 is 0 Å². The third kappa shape index (κ3) is 2.99. The summed E-state index contributed by atoms with van der Waals surface area (Å²) in [7, 11) is 0. The second kappa shape index (κ2) is 6.98. The van der Waals surface area contributed by atoms with Crippen LogP contribution >= 0.6 is 0 Å². The van der Waals surface area contributed by atoms with Gasteiger partial charge in [0.05, 0.1) is 29.7 Å². The zero-order valence-corrected chi connectivity index (χ0v) is 16.6.